The molecule has 2 heteroatoms. The van der Waals surface area contributed by atoms with Gasteiger partial charge in [-0.3, -0.25) is 0 Å². The average molecular weight is 704 g/mol. The van der Waals surface area contributed by atoms with Crippen LogP contribution < -0.4 is 4.90 Å². The van der Waals surface area contributed by atoms with Crippen LogP contribution in [0.5, 0.6) is 0 Å². The summed E-state index contributed by atoms with van der Waals surface area (Å²) >= 11 is 0. The van der Waals surface area contributed by atoms with Gasteiger partial charge in [-0.15, -0.1) is 0 Å². The van der Waals surface area contributed by atoms with E-state index in [1.807, 2.05) is 0 Å². The molecule has 1 heterocycles. The number of hydrogen-bond donors (Lipinski definition) is 0. The number of benzene rings is 9. The minimum absolute atomic E-state index is 0.136. The minimum atomic E-state index is -0.136. The Morgan fingerprint density at radius 1 is 0.400 bits per heavy atom. The molecular formula is C53H37NO. The molecule has 1 aliphatic carbocycles. The Kier molecular flexibility index (Phi) is 6.93. The molecule has 0 aliphatic heterocycles. The first-order valence-corrected chi connectivity index (χ1v) is 19.1. The molecule has 0 saturated carbocycles. The highest BCUT2D eigenvalue weighted by atomic mass is 16.3. The third kappa shape index (κ3) is 4.81. The molecule has 260 valence electrons. The topological polar surface area (TPSA) is 16.4 Å². The van der Waals surface area contributed by atoms with E-state index in [4.69, 9.17) is 4.42 Å². The smallest absolute Gasteiger partial charge is 0.143 e. The molecule has 10 aromatic rings. The summed E-state index contributed by atoms with van der Waals surface area (Å²) in [6.07, 6.45) is 0. The highest BCUT2D eigenvalue weighted by Crippen LogP contribution is 2.55. The summed E-state index contributed by atoms with van der Waals surface area (Å²) in [6, 6.07) is 68.4. The number of hydrogen-bond acceptors (Lipinski definition) is 2. The fourth-order valence-electron chi connectivity index (χ4n) is 9.16. The maximum Gasteiger partial charge on any atom is 0.143 e. The van der Waals surface area contributed by atoms with Crippen LogP contribution in [0, 0.1) is 0 Å². The van der Waals surface area contributed by atoms with Gasteiger partial charge in [0.1, 0.15) is 11.2 Å². The molecule has 11 rings (SSSR count). The van der Waals surface area contributed by atoms with Gasteiger partial charge in [0, 0.05) is 44.0 Å². The zero-order valence-electron chi connectivity index (χ0n) is 30.8. The monoisotopic (exact) mass is 703 g/mol. The maximum atomic E-state index is 6.94. The molecule has 0 spiro atoms. The lowest BCUT2D eigenvalue weighted by Gasteiger charge is -2.31. The number of fused-ring (bicyclic) bond motifs is 9. The lowest BCUT2D eigenvalue weighted by molar-refractivity contribution is 0.660. The van der Waals surface area contributed by atoms with E-state index in [1.165, 1.54) is 49.5 Å². The van der Waals surface area contributed by atoms with Gasteiger partial charge in [-0.25, -0.2) is 0 Å². The highest BCUT2D eigenvalue weighted by Gasteiger charge is 2.38. The van der Waals surface area contributed by atoms with Crippen molar-refractivity contribution in [2.24, 2.45) is 0 Å². The van der Waals surface area contributed by atoms with Gasteiger partial charge in [-0.2, -0.15) is 0 Å². The number of anilines is 3. The lowest BCUT2D eigenvalue weighted by Crippen LogP contribution is -2.16. The molecule has 55 heavy (non-hydrogen) atoms. The van der Waals surface area contributed by atoms with Gasteiger partial charge in [-0.1, -0.05) is 166 Å². The van der Waals surface area contributed by atoms with Crippen LogP contribution in [0.4, 0.5) is 17.1 Å². The first kappa shape index (κ1) is 31.6. The van der Waals surface area contributed by atoms with Crippen molar-refractivity contribution >= 4 is 60.5 Å². The van der Waals surface area contributed by atoms with E-state index in [0.717, 1.165) is 55.5 Å². The summed E-state index contributed by atoms with van der Waals surface area (Å²) in [5.74, 6) is 0. The Bertz CT molecular complexity index is 3150. The van der Waals surface area contributed by atoms with Crippen molar-refractivity contribution in [2.75, 3.05) is 4.90 Å². The number of para-hydroxylation sites is 2. The average Bonchev–Trinajstić information content (AvgIpc) is 3.74. The van der Waals surface area contributed by atoms with Crippen molar-refractivity contribution in [1.29, 1.82) is 0 Å². The van der Waals surface area contributed by atoms with Gasteiger partial charge in [0.2, 0.25) is 0 Å². The van der Waals surface area contributed by atoms with Crippen LogP contribution in [0.3, 0.4) is 0 Å². The first-order valence-electron chi connectivity index (χ1n) is 19.1. The Balaban J connectivity index is 1.18. The predicted molar refractivity (Wildman–Crippen MR) is 232 cm³/mol. The summed E-state index contributed by atoms with van der Waals surface area (Å²) < 4.78 is 6.94. The van der Waals surface area contributed by atoms with E-state index in [1.54, 1.807) is 0 Å². The molecule has 9 aromatic carbocycles. The molecule has 1 aromatic heterocycles. The third-order valence-electron chi connectivity index (χ3n) is 11.8. The fraction of sp³-hybridized carbons (Fsp3) is 0.0566. The van der Waals surface area contributed by atoms with Crippen LogP contribution in [-0.2, 0) is 5.41 Å². The van der Waals surface area contributed by atoms with Crippen molar-refractivity contribution in [3.05, 3.63) is 199 Å². The summed E-state index contributed by atoms with van der Waals surface area (Å²) in [5, 5.41) is 7.03. The zero-order chi connectivity index (χ0) is 36.7. The van der Waals surface area contributed by atoms with Crippen LogP contribution in [0.15, 0.2) is 192 Å². The van der Waals surface area contributed by atoms with Crippen LogP contribution in [0.1, 0.15) is 25.0 Å². The quantitative estimate of drug-likeness (QED) is 0.177. The van der Waals surface area contributed by atoms with Crippen molar-refractivity contribution < 1.29 is 4.42 Å². The second-order valence-corrected chi connectivity index (χ2v) is 15.3. The van der Waals surface area contributed by atoms with Crippen molar-refractivity contribution in [3.8, 4) is 33.4 Å². The summed E-state index contributed by atoms with van der Waals surface area (Å²) in [6.45, 7) is 4.71. The molecule has 0 unspecified atom stereocenters. The molecule has 0 N–H and O–H groups in total. The van der Waals surface area contributed by atoms with Crippen molar-refractivity contribution in [3.63, 3.8) is 0 Å². The molecule has 2 nitrogen and oxygen atoms in total. The van der Waals surface area contributed by atoms with Crippen LogP contribution >= 0.6 is 0 Å². The normalized spacial score (nSPS) is 13.1. The van der Waals surface area contributed by atoms with E-state index >= 15 is 0 Å². The molecule has 0 radical (unpaired) electrons. The Morgan fingerprint density at radius 2 is 1.02 bits per heavy atom. The number of furan rings is 1. The predicted octanol–water partition coefficient (Wildman–Crippen LogP) is 15.0. The molecular weight excluding hydrogens is 667 g/mol. The Morgan fingerprint density at radius 3 is 1.93 bits per heavy atom. The second kappa shape index (κ2) is 12.1. The SMILES string of the molecule is CC1(C)c2ccccc2-c2c(N(c3cccc(-c4ccc5ccccc5c4)c3)c3ccccc3-c3cccc4c3oc3c5ccccc5ccc43)cccc21. The standard InChI is InChI=1S/C53H37NO/c1-53(2)46-24-9-7-21-45(46)50-47(53)25-13-27-49(50)54(39-18-11-17-37(33-39)38-29-28-34-14-3-4-16-36(34)32-38)48-26-10-8-20-41(48)42-22-12-23-43-44-31-30-35-15-5-6-19-40(35)51(44)55-52(42)43/h3-33H,1-2H3. The first-order chi connectivity index (χ1) is 27.0. The van der Waals surface area contributed by atoms with Gasteiger partial charge < -0.3 is 9.32 Å². The van der Waals surface area contributed by atoms with Gasteiger partial charge in [0.05, 0.1) is 11.4 Å². The van der Waals surface area contributed by atoms with Crippen LogP contribution in [0.2, 0.25) is 0 Å². The van der Waals surface area contributed by atoms with Gasteiger partial charge in [0.25, 0.3) is 0 Å². The summed E-state index contributed by atoms with van der Waals surface area (Å²) in [4.78, 5) is 2.48. The molecule has 1 aliphatic rings. The fourth-order valence-corrected chi connectivity index (χ4v) is 9.16. The van der Waals surface area contributed by atoms with E-state index in [-0.39, 0.29) is 5.41 Å². The van der Waals surface area contributed by atoms with Gasteiger partial charge >= 0.3 is 0 Å². The maximum absolute atomic E-state index is 6.94. The molecule has 0 fully saturated rings. The second-order valence-electron chi connectivity index (χ2n) is 15.3. The summed E-state index contributed by atoms with van der Waals surface area (Å²) in [7, 11) is 0. The molecule has 0 saturated heterocycles. The molecule has 0 bridgehead atoms. The van der Waals surface area contributed by atoms with E-state index < -0.39 is 0 Å². The van der Waals surface area contributed by atoms with Crippen molar-refractivity contribution in [1.82, 2.24) is 0 Å². The van der Waals surface area contributed by atoms with Gasteiger partial charge in [-0.05, 0) is 80.4 Å². The number of rotatable bonds is 5. The van der Waals surface area contributed by atoms with Crippen LogP contribution in [0.25, 0.3) is 76.9 Å². The lowest BCUT2D eigenvalue weighted by atomic mass is 9.82. The largest absolute Gasteiger partial charge is 0.455 e. The van der Waals surface area contributed by atoms with Crippen molar-refractivity contribution in [2.45, 2.75) is 19.3 Å². The van der Waals surface area contributed by atoms with E-state index in [2.05, 4.69) is 207 Å². The Labute approximate surface area is 320 Å². The zero-order valence-corrected chi connectivity index (χ0v) is 30.8. The van der Waals surface area contributed by atoms with Crippen LogP contribution in [-0.4, -0.2) is 0 Å². The minimum Gasteiger partial charge on any atom is -0.455 e. The van der Waals surface area contributed by atoms with E-state index in [0.29, 0.717) is 0 Å². The summed E-state index contributed by atoms with van der Waals surface area (Å²) in [5.41, 5.74) is 14.8. The third-order valence-corrected chi connectivity index (χ3v) is 11.8. The molecule has 0 amide bonds. The number of nitrogens with zero attached hydrogens (tertiary/aromatic N) is 1. The van der Waals surface area contributed by atoms with E-state index in [9.17, 15) is 0 Å². The molecule has 0 atom stereocenters. The van der Waals surface area contributed by atoms with Gasteiger partial charge in [0.15, 0.2) is 0 Å². The highest BCUT2D eigenvalue weighted by molar-refractivity contribution is 6.17. The Hall–Kier alpha value is -6.90.